The van der Waals surface area contributed by atoms with Crippen molar-refractivity contribution >= 4 is 37.6 Å². The molecule has 1 N–H and O–H groups in total. The molecule has 0 aliphatic heterocycles. The summed E-state index contributed by atoms with van der Waals surface area (Å²) in [6, 6.07) is 4.57. The highest BCUT2D eigenvalue weighted by molar-refractivity contribution is 9.10. The Balaban J connectivity index is 2.05. The maximum atomic E-state index is 12.0. The van der Waals surface area contributed by atoms with Crippen LogP contribution in [0.25, 0.3) is 0 Å². The highest BCUT2D eigenvalue weighted by Gasteiger charge is 2.17. The van der Waals surface area contributed by atoms with Crippen LogP contribution in [0.3, 0.4) is 0 Å². The molecule has 2 rings (SSSR count). The van der Waals surface area contributed by atoms with E-state index >= 15 is 0 Å². The zero-order valence-corrected chi connectivity index (χ0v) is 12.7. The molecular weight excluding hydrogens is 358 g/mol. The fourth-order valence-corrected chi connectivity index (χ4v) is 3.44. The molecule has 1 heterocycles. The first-order valence-electron chi connectivity index (χ1n) is 5.19. The van der Waals surface area contributed by atoms with Crippen LogP contribution in [-0.2, 0) is 16.4 Å². The fraction of sp³-hybridized carbons (Fsp3) is 0.200. The lowest BCUT2D eigenvalue weighted by molar-refractivity contribution is 0.410. The molecule has 0 spiro atoms. The lowest BCUT2D eigenvalue weighted by Crippen LogP contribution is -2.26. The molecule has 1 aromatic heterocycles. The second kappa shape index (κ2) is 6.00. The Morgan fingerprint density at radius 3 is 2.84 bits per heavy atom. The molecule has 1 aromatic carbocycles. The van der Waals surface area contributed by atoms with Gasteiger partial charge in [-0.25, -0.2) is 13.1 Å². The molecule has 0 radical (unpaired) electrons. The number of nitrogens with one attached hydrogen (secondary N) is 1. The van der Waals surface area contributed by atoms with Gasteiger partial charge < -0.3 is 4.52 Å². The summed E-state index contributed by atoms with van der Waals surface area (Å²) in [6.07, 6.45) is 1.53. The Kier molecular flexibility index (Phi) is 4.56. The molecule has 0 aliphatic carbocycles. The largest absolute Gasteiger partial charge is 0.343 e. The van der Waals surface area contributed by atoms with Crippen molar-refractivity contribution in [2.24, 2.45) is 0 Å². The Labute approximate surface area is 123 Å². The molecule has 0 saturated carbocycles. The molecule has 0 bridgehead atoms. The summed E-state index contributed by atoms with van der Waals surface area (Å²) in [5.74, 6) is 0.435. The Bertz CT molecular complexity index is 661. The smallest absolute Gasteiger partial charge is 0.242 e. The molecule has 9 heteroatoms. The minimum Gasteiger partial charge on any atom is -0.343 e. The van der Waals surface area contributed by atoms with Crippen molar-refractivity contribution in [1.82, 2.24) is 14.9 Å². The summed E-state index contributed by atoms with van der Waals surface area (Å²) in [6.45, 7) is 0.161. The van der Waals surface area contributed by atoms with Crippen LogP contribution in [0.4, 0.5) is 0 Å². The number of benzene rings is 1. The molecule has 2 aromatic rings. The van der Waals surface area contributed by atoms with E-state index in [4.69, 9.17) is 11.6 Å². The van der Waals surface area contributed by atoms with Crippen LogP contribution in [0.1, 0.15) is 5.82 Å². The summed E-state index contributed by atoms with van der Waals surface area (Å²) in [5.41, 5.74) is 0. The van der Waals surface area contributed by atoms with Crippen LogP contribution in [0.15, 0.2) is 38.5 Å². The number of rotatable bonds is 5. The Morgan fingerprint density at radius 1 is 1.42 bits per heavy atom. The van der Waals surface area contributed by atoms with Gasteiger partial charge in [-0.15, -0.1) is 0 Å². The van der Waals surface area contributed by atoms with Crippen LogP contribution in [-0.4, -0.2) is 25.1 Å². The van der Waals surface area contributed by atoms with Crippen LogP contribution >= 0.6 is 27.5 Å². The number of aromatic nitrogens is 2. The summed E-state index contributed by atoms with van der Waals surface area (Å²) in [7, 11) is -3.65. The molecule has 102 valence electrons. The summed E-state index contributed by atoms with van der Waals surface area (Å²) in [4.78, 5) is 3.83. The molecule has 0 amide bonds. The predicted octanol–water partition coefficient (Wildman–Crippen LogP) is 2.01. The van der Waals surface area contributed by atoms with E-state index < -0.39 is 10.0 Å². The van der Waals surface area contributed by atoms with E-state index in [9.17, 15) is 8.42 Å². The van der Waals surface area contributed by atoms with Gasteiger partial charge in [-0.1, -0.05) is 32.7 Å². The van der Waals surface area contributed by atoms with Gasteiger partial charge >= 0.3 is 0 Å². The van der Waals surface area contributed by atoms with E-state index in [1.54, 1.807) is 6.07 Å². The van der Waals surface area contributed by atoms with Crippen molar-refractivity contribution in [3.63, 3.8) is 0 Å². The molecule has 0 unspecified atom stereocenters. The van der Waals surface area contributed by atoms with Gasteiger partial charge in [0.25, 0.3) is 0 Å². The molecule has 0 atom stereocenters. The molecule has 0 aliphatic rings. The maximum absolute atomic E-state index is 12.0. The van der Waals surface area contributed by atoms with Gasteiger partial charge in [0, 0.05) is 17.4 Å². The molecule has 19 heavy (non-hydrogen) atoms. The van der Waals surface area contributed by atoms with Crippen LogP contribution in [0.2, 0.25) is 5.02 Å². The average molecular weight is 367 g/mol. The van der Waals surface area contributed by atoms with Crippen molar-refractivity contribution in [3.05, 3.63) is 39.9 Å². The summed E-state index contributed by atoms with van der Waals surface area (Å²) in [5, 5.41) is 3.74. The van der Waals surface area contributed by atoms with Crippen molar-refractivity contribution in [2.75, 3.05) is 6.54 Å². The maximum Gasteiger partial charge on any atom is 0.242 e. The van der Waals surface area contributed by atoms with Gasteiger partial charge in [0.05, 0.1) is 5.02 Å². The average Bonchev–Trinajstić information content (AvgIpc) is 2.81. The number of hydrogen-bond donors (Lipinski definition) is 1. The number of nitrogens with zero attached hydrogens (tertiary/aromatic N) is 2. The third kappa shape index (κ3) is 3.75. The van der Waals surface area contributed by atoms with Crippen LogP contribution < -0.4 is 4.72 Å². The summed E-state index contributed by atoms with van der Waals surface area (Å²) < 4.78 is 31.7. The van der Waals surface area contributed by atoms with Gasteiger partial charge in [0.1, 0.15) is 4.90 Å². The normalized spacial score (nSPS) is 11.7. The minimum atomic E-state index is -3.65. The van der Waals surface area contributed by atoms with Gasteiger partial charge in [-0.05, 0) is 18.2 Å². The SMILES string of the molecule is O=S(=O)(NCCc1ncon1)c1ccc(Br)cc1Cl. The van der Waals surface area contributed by atoms with Gasteiger partial charge in [0.15, 0.2) is 5.82 Å². The standard InChI is InChI=1S/C10H9BrClN3O3S/c11-7-1-2-9(8(12)5-7)19(16,17)14-4-3-10-13-6-18-15-10/h1-2,5-6,14H,3-4H2. The monoisotopic (exact) mass is 365 g/mol. The predicted molar refractivity (Wildman–Crippen MR) is 72.3 cm³/mol. The fourth-order valence-electron chi connectivity index (χ4n) is 1.37. The van der Waals surface area contributed by atoms with Gasteiger partial charge in [0.2, 0.25) is 16.4 Å². The lowest BCUT2D eigenvalue weighted by Gasteiger charge is -2.07. The van der Waals surface area contributed by atoms with E-state index in [0.29, 0.717) is 16.7 Å². The summed E-state index contributed by atoms with van der Waals surface area (Å²) >= 11 is 9.12. The molecular formula is C10H9BrClN3O3S. The van der Waals surface area contributed by atoms with Crippen molar-refractivity contribution in [3.8, 4) is 0 Å². The van der Waals surface area contributed by atoms with E-state index in [1.165, 1.54) is 18.5 Å². The first-order chi connectivity index (χ1) is 8.99. The zero-order valence-electron chi connectivity index (χ0n) is 9.51. The molecule has 0 saturated heterocycles. The van der Waals surface area contributed by atoms with Gasteiger partial charge in [-0.3, -0.25) is 0 Å². The topological polar surface area (TPSA) is 85.1 Å². The zero-order chi connectivity index (χ0) is 13.9. The number of hydrogen-bond acceptors (Lipinski definition) is 5. The van der Waals surface area contributed by atoms with E-state index in [-0.39, 0.29) is 16.5 Å². The van der Waals surface area contributed by atoms with Crippen LogP contribution in [0, 0.1) is 0 Å². The molecule has 0 fully saturated rings. The van der Waals surface area contributed by atoms with E-state index in [2.05, 4.69) is 35.3 Å². The van der Waals surface area contributed by atoms with E-state index in [1.807, 2.05) is 0 Å². The second-order valence-electron chi connectivity index (χ2n) is 3.57. The van der Waals surface area contributed by atoms with Crippen molar-refractivity contribution in [2.45, 2.75) is 11.3 Å². The third-order valence-corrected chi connectivity index (χ3v) is 4.67. The van der Waals surface area contributed by atoms with Crippen molar-refractivity contribution in [1.29, 1.82) is 0 Å². The number of halogens is 2. The Morgan fingerprint density at radius 2 is 2.21 bits per heavy atom. The number of sulfonamides is 1. The molecule has 6 nitrogen and oxygen atoms in total. The van der Waals surface area contributed by atoms with E-state index in [0.717, 1.165) is 0 Å². The first kappa shape index (κ1) is 14.4. The quantitative estimate of drug-likeness (QED) is 0.875. The first-order valence-corrected chi connectivity index (χ1v) is 7.84. The lowest BCUT2D eigenvalue weighted by atomic mass is 10.4. The van der Waals surface area contributed by atoms with Gasteiger partial charge in [-0.2, -0.15) is 4.98 Å². The highest BCUT2D eigenvalue weighted by atomic mass is 79.9. The van der Waals surface area contributed by atoms with Crippen molar-refractivity contribution < 1.29 is 12.9 Å². The van der Waals surface area contributed by atoms with Crippen LogP contribution in [0.5, 0.6) is 0 Å². The second-order valence-corrected chi connectivity index (χ2v) is 6.63. The third-order valence-electron chi connectivity index (χ3n) is 2.23. The minimum absolute atomic E-state index is 0.0329. The highest BCUT2D eigenvalue weighted by Crippen LogP contribution is 2.24. The Hall–Kier alpha value is -0.960.